The molecule has 1 atom stereocenters. The monoisotopic (exact) mass is 234 g/mol. The van der Waals surface area contributed by atoms with Gasteiger partial charge in [-0.3, -0.25) is 4.79 Å². The first-order valence-electron chi connectivity index (χ1n) is 1.97. The Hall–Kier alpha value is 0.650. The zero-order valence-corrected chi connectivity index (χ0v) is 8.60. The third-order valence-electron chi connectivity index (χ3n) is 0.653. The SMILES string of the molecule is CC(CBr)C(=O)O.S.S. The number of carboxylic acids is 1. The minimum absolute atomic E-state index is 0. The van der Waals surface area contributed by atoms with E-state index in [1.54, 1.807) is 6.92 Å². The highest BCUT2D eigenvalue weighted by Gasteiger charge is 2.06. The van der Waals surface area contributed by atoms with Crippen molar-refractivity contribution in [3.63, 3.8) is 0 Å². The third kappa shape index (κ3) is 8.65. The van der Waals surface area contributed by atoms with Crippen molar-refractivity contribution in [2.24, 2.45) is 5.92 Å². The summed E-state index contributed by atoms with van der Waals surface area (Å²) in [5, 5.41) is 8.68. The second kappa shape index (κ2) is 8.65. The predicted octanol–water partition coefficient (Wildman–Crippen LogP) is 1.33. The lowest BCUT2D eigenvalue weighted by molar-refractivity contribution is -0.140. The number of alkyl halides is 1. The van der Waals surface area contributed by atoms with Crippen LogP contribution in [-0.2, 0) is 4.79 Å². The van der Waals surface area contributed by atoms with E-state index >= 15 is 0 Å². The van der Waals surface area contributed by atoms with Gasteiger partial charge < -0.3 is 5.11 Å². The molecule has 0 spiro atoms. The summed E-state index contributed by atoms with van der Waals surface area (Å²) in [6, 6.07) is 0. The molecule has 0 aromatic carbocycles. The van der Waals surface area contributed by atoms with Crippen LogP contribution in [0.4, 0.5) is 0 Å². The van der Waals surface area contributed by atoms with Crippen LogP contribution in [0.2, 0.25) is 0 Å². The van der Waals surface area contributed by atoms with Gasteiger partial charge in [0.05, 0.1) is 5.92 Å². The Labute approximate surface area is 77.0 Å². The topological polar surface area (TPSA) is 37.3 Å². The average molecular weight is 235 g/mol. The standard InChI is InChI=1S/C4H7BrO2.2H2S/c1-3(2-5)4(6)7;;/h3H,2H2,1H3,(H,6,7);2*1H2. The van der Waals surface area contributed by atoms with Gasteiger partial charge in [-0.05, 0) is 0 Å². The lowest BCUT2D eigenvalue weighted by Crippen LogP contribution is -2.09. The first kappa shape index (κ1) is 16.3. The van der Waals surface area contributed by atoms with Gasteiger partial charge in [0.1, 0.15) is 0 Å². The summed E-state index contributed by atoms with van der Waals surface area (Å²) in [7, 11) is 0. The molecule has 0 radical (unpaired) electrons. The minimum Gasteiger partial charge on any atom is -0.481 e. The molecule has 1 N–H and O–H groups in total. The molecule has 1 unspecified atom stereocenters. The summed E-state index contributed by atoms with van der Waals surface area (Å²) in [5.74, 6) is -1.02. The second-order valence-electron chi connectivity index (χ2n) is 1.39. The lowest BCUT2D eigenvalue weighted by Gasteiger charge is -1.95. The van der Waals surface area contributed by atoms with Crippen LogP contribution in [0.25, 0.3) is 0 Å². The van der Waals surface area contributed by atoms with E-state index in [0.29, 0.717) is 5.33 Å². The summed E-state index contributed by atoms with van der Waals surface area (Å²) in [6.45, 7) is 1.65. The van der Waals surface area contributed by atoms with E-state index in [0.717, 1.165) is 0 Å². The zero-order valence-electron chi connectivity index (χ0n) is 5.02. The number of carbonyl (C=O) groups is 1. The van der Waals surface area contributed by atoms with Gasteiger partial charge in [-0.25, -0.2) is 0 Å². The predicted molar refractivity (Wildman–Crippen MR) is 51.4 cm³/mol. The van der Waals surface area contributed by atoms with E-state index in [1.807, 2.05) is 0 Å². The van der Waals surface area contributed by atoms with Crippen molar-refractivity contribution in [3.8, 4) is 0 Å². The summed E-state index contributed by atoms with van der Waals surface area (Å²) in [4.78, 5) is 9.90. The lowest BCUT2D eigenvalue weighted by atomic mass is 10.2. The average Bonchev–Trinajstić information content (AvgIpc) is 1.65. The third-order valence-corrected chi connectivity index (χ3v) is 1.62. The normalized spacial score (nSPS) is 10.4. The molecule has 9 heavy (non-hydrogen) atoms. The maximum atomic E-state index is 9.90. The van der Waals surface area contributed by atoms with Crippen molar-refractivity contribution >= 4 is 48.9 Å². The number of aliphatic carboxylic acids is 1. The van der Waals surface area contributed by atoms with Crippen LogP contribution in [0.3, 0.4) is 0 Å². The van der Waals surface area contributed by atoms with E-state index in [2.05, 4.69) is 15.9 Å². The Morgan fingerprint density at radius 1 is 1.67 bits per heavy atom. The molecule has 0 aliphatic carbocycles. The largest absolute Gasteiger partial charge is 0.481 e. The van der Waals surface area contributed by atoms with E-state index < -0.39 is 5.97 Å². The Morgan fingerprint density at radius 2 is 2.00 bits per heavy atom. The van der Waals surface area contributed by atoms with Crippen molar-refractivity contribution in [1.82, 2.24) is 0 Å². The Bertz CT molecular complexity index is 79.0. The molecule has 0 aromatic heterocycles. The molecule has 58 valence electrons. The Kier molecular flexibility index (Phi) is 15.7. The molecule has 0 heterocycles. The minimum atomic E-state index is -0.753. The van der Waals surface area contributed by atoms with Crippen LogP contribution in [0, 0.1) is 5.92 Å². The molecule has 0 fully saturated rings. The van der Waals surface area contributed by atoms with Gasteiger partial charge in [0.25, 0.3) is 0 Å². The van der Waals surface area contributed by atoms with E-state index in [9.17, 15) is 4.79 Å². The molecular formula is C4H11BrO2S2. The molecule has 2 nitrogen and oxygen atoms in total. The summed E-state index contributed by atoms with van der Waals surface area (Å²) in [6.07, 6.45) is 0. The van der Waals surface area contributed by atoms with Gasteiger partial charge in [0.15, 0.2) is 0 Å². The van der Waals surface area contributed by atoms with Crippen molar-refractivity contribution < 1.29 is 9.90 Å². The van der Waals surface area contributed by atoms with Crippen LogP contribution in [-0.4, -0.2) is 16.4 Å². The quantitative estimate of drug-likeness (QED) is 0.733. The number of rotatable bonds is 2. The number of hydrogen-bond donors (Lipinski definition) is 1. The highest BCUT2D eigenvalue weighted by molar-refractivity contribution is 9.09. The molecular weight excluding hydrogens is 224 g/mol. The first-order chi connectivity index (χ1) is 3.18. The fourth-order valence-electron chi connectivity index (χ4n) is 0.0660. The van der Waals surface area contributed by atoms with Gasteiger partial charge in [0, 0.05) is 5.33 Å². The van der Waals surface area contributed by atoms with Crippen LogP contribution in [0.15, 0.2) is 0 Å². The number of carboxylic acid groups (broad SMARTS) is 1. The van der Waals surface area contributed by atoms with Crippen molar-refractivity contribution in [3.05, 3.63) is 0 Å². The van der Waals surface area contributed by atoms with Gasteiger partial charge in [-0.1, -0.05) is 22.9 Å². The Morgan fingerprint density at radius 3 is 2.00 bits per heavy atom. The van der Waals surface area contributed by atoms with Gasteiger partial charge in [-0.15, -0.1) is 0 Å². The first-order valence-corrected chi connectivity index (χ1v) is 3.09. The van der Waals surface area contributed by atoms with Gasteiger partial charge >= 0.3 is 5.97 Å². The second-order valence-corrected chi connectivity index (χ2v) is 2.04. The van der Waals surface area contributed by atoms with Crippen molar-refractivity contribution in [2.75, 3.05) is 5.33 Å². The Balaban J connectivity index is -0.000000180. The molecule has 0 saturated carbocycles. The molecule has 0 aliphatic rings. The summed E-state index contributed by atoms with van der Waals surface area (Å²) >= 11 is 3.03. The highest BCUT2D eigenvalue weighted by atomic mass is 79.9. The molecule has 0 aliphatic heterocycles. The smallest absolute Gasteiger partial charge is 0.307 e. The number of halogens is 1. The van der Waals surface area contributed by atoms with Gasteiger partial charge in [-0.2, -0.15) is 27.0 Å². The molecule has 0 rings (SSSR count). The molecule has 0 aromatic rings. The summed E-state index contributed by atoms with van der Waals surface area (Å²) < 4.78 is 0. The fraction of sp³-hybridized carbons (Fsp3) is 0.750. The van der Waals surface area contributed by atoms with Crippen LogP contribution in [0.5, 0.6) is 0 Å². The van der Waals surface area contributed by atoms with Gasteiger partial charge in [0.2, 0.25) is 0 Å². The van der Waals surface area contributed by atoms with E-state index in [1.165, 1.54) is 0 Å². The fourth-order valence-corrected chi connectivity index (χ4v) is 0.343. The maximum absolute atomic E-state index is 9.90. The molecule has 5 heteroatoms. The highest BCUT2D eigenvalue weighted by Crippen LogP contribution is 1.97. The molecule has 0 saturated heterocycles. The van der Waals surface area contributed by atoms with Crippen LogP contribution >= 0.6 is 42.9 Å². The van der Waals surface area contributed by atoms with Crippen molar-refractivity contribution in [2.45, 2.75) is 6.92 Å². The zero-order chi connectivity index (χ0) is 5.86. The molecule has 0 bridgehead atoms. The van der Waals surface area contributed by atoms with Crippen molar-refractivity contribution in [1.29, 1.82) is 0 Å². The van der Waals surface area contributed by atoms with Crippen LogP contribution < -0.4 is 0 Å². The number of hydrogen-bond acceptors (Lipinski definition) is 1. The van der Waals surface area contributed by atoms with E-state index in [4.69, 9.17) is 5.11 Å². The maximum Gasteiger partial charge on any atom is 0.307 e. The van der Waals surface area contributed by atoms with Crippen LogP contribution in [0.1, 0.15) is 6.92 Å². The van der Waals surface area contributed by atoms with E-state index in [-0.39, 0.29) is 32.9 Å². The summed E-state index contributed by atoms with van der Waals surface area (Å²) in [5.41, 5.74) is 0. The molecule has 0 amide bonds.